The number of rotatable bonds is 2. The second-order valence-corrected chi connectivity index (χ2v) is 3.27. The molecule has 1 aliphatic rings. The number of hydrogen-bond donors (Lipinski definition) is 0. The lowest BCUT2D eigenvalue weighted by atomic mass is 10.1. The smallest absolute Gasteiger partial charge is 0.334 e. The summed E-state index contributed by atoms with van der Waals surface area (Å²) in [5, 5.41) is 0. The maximum absolute atomic E-state index is 11.4. The van der Waals surface area contributed by atoms with E-state index in [1.807, 2.05) is 37.3 Å². The highest BCUT2D eigenvalue weighted by Crippen LogP contribution is 2.25. The number of carbonyl (C=O) groups excluding carboxylic acids is 1. The van der Waals surface area contributed by atoms with Gasteiger partial charge in [-0.3, -0.25) is 0 Å². The van der Waals surface area contributed by atoms with Gasteiger partial charge in [-0.25, -0.2) is 4.79 Å². The third-order valence-corrected chi connectivity index (χ3v) is 2.30. The molecule has 1 aliphatic carbocycles. The molecule has 0 aliphatic heterocycles. The summed E-state index contributed by atoms with van der Waals surface area (Å²) in [6, 6.07) is 8.02. The summed E-state index contributed by atoms with van der Waals surface area (Å²) < 4.78 is 4.95. The number of ether oxygens (including phenoxy) is 1. The van der Waals surface area contributed by atoms with Gasteiger partial charge in [-0.05, 0) is 24.1 Å². The van der Waals surface area contributed by atoms with Crippen LogP contribution in [0.3, 0.4) is 0 Å². The Labute approximate surface area is 95.4 Å². The van der Waals surface area contributed by atoms with Gasteiger partial charge in [-0.2, -0.15) is 0 Å². The molecule has 2 nitrogen and oxygen atoms in total. The molecule has 0 heterocycles. The van der Waals surface area contributed by atoms with Crippen LogP contribution in [-0.4, -0.2) is 12.6 Å². The molecule has 0 aromatic heterocycles. The zero-order valence-electron chi connectivity index (χ0n) is 8.53. The Morgan fingerprint density at radius 1 is 1.40 bits per heavy atom. The van der Waals surface area contributed by atoms with Gasteiger partial charge in [0, 0.05) is 12.0 Å². The second-order valence-electron chi connectivity index (χ2n) is 3.27. The quantitative estimate of drug-likeness (QED) is 0.722. The molecule has 0 saturated carbocycles. The third-order valence-electron chi connectivity index (χ3n) is 2.30. The maximum atomic E-state index is 11.4. The van der Waals surface area contributed by atoms with Gasteiger partial charge in [0.25, 0.3) is 0 Å². The summed E-state index contributed by atoms with van der Waals surface area (Å²) in [5.74, 6) is -0.191. The van der Waals surface area contributed by atoms with Crippen molar-refractivity contribution >= 4 is 24.5 Å². The van der Waals surface area contributed by atoms with E-state index in [2.05, 4.69) is 0 Å². The Morgan fingerprint density at radius 2 is 2.13 bits per heavy atom. The molecule has 0 bridgehead atoms. The van der Waals surface area contributed by atoms with Crippen LogP contribution in [0.4, 0.5) is 0 Å². The van der Waals surface area contributed by atoms with Crippen LogP contribution in [0.2, 0.25) is 0 Å². The SMILES string of the molecule is CCOC(=O)C1=Cc2ccccc2C1.Cl. The first kappa shape index (κ1) is 11.8. The Bertz CT molecular complexity index is 396. The molecule has 80 valence electrons. The van der Waals surface area contributed by atoms with Gasteiger partial charge in [0.2, 0.25) is 0 Å². The van der Waals surface area contributed by atoms with Crippen LogP contribution in [-0.2, 0) is 16.0 Å². The van der Waals surface area contributed by atoms with Crippen molar-refractivity contribution in [1.29, 1.82) is 0 Å². The van der Waals surface area contributed by atoms with Gasteiger partial charge in [0.1, 0.15) is 0 Å². The molecule has 0 saturated heterocycles. The van der Waals surface area contributed by atoms with Crippen molar-refractivity contribution in [3.8, 4) is 0 Å². The molecule has 2 rings (SSSR count). The zero-order chi connectivity index (χ0) is 9.97. The van der Waals surface area contributed by atoms with Crippen LogP contribution in [0, 0.1) is 0 Å². The number of halogens is 1. The number of fused-ring (bicyclic) bond motifs is 1. The van der Waals surface area contributed by atoms with E-state index >= 15 is 0 Å². The summed E-state index contributed by atoms with van der Waals surface area (Å²) in [6.07, 6.45) is 2.61. The number of carbonyl (C=O) groups is 1. The molecular formula is C12H13ClO2. The molecule has 15 heavy (non-hydrogen) atoms. The molecule has 0 radical (unpaired) electrons. The van der Waals surface area contributed by atoms with E-state index in [1.165, 1.54) is 5.56 Å². The molecule has 0 atom stereocenters. The Morgan fingerprint density at radius 3 is 2.80 bits per heavy atom. The van der Waals surface area contributed by atoms with Crippen LogP contribution in [0.1, 0.15) is 18.1 Å². The Hall–Kier alpha value is -1.28. The highest BCUT2D eigenvalue weighted by atomic mass is 35.5. The van der Waals surface area contributed by atoms with Crippen LogP contribution >= 0.6 is 12.4 Å². The summed E-state index contributed by atoms with van der Waals surface area (Å²) in [6.45, 7) is 2.26. The molecule has 0 fully saturated rings. The van der Waals surface area contributed by atoms with Crippen molar-refractivity contribution in [1.82, 2.24) is 0 Å². The summed E-state index contributed by atoms with van der Waals surface area (Å²) in [5.41, 5.74) is 3.10. The lowest BCUT2D eigenvalue weighted by Crippen LogP contribution is -2.07. The standard InChI is InChI=1S/C12H12O2.ClH/c1-2-14-12(13)11-7-9-5-3-4-6-10(9)8-11;/h3-7H,2,8H2,1H3;1H. The van der Waals surface area contributed by atoms with E-state index in [-0.39, 0.29) is 18.4 Å². The fraction of sp³-hybridized carbons (Fsp3) is 0.250. The fourth-order valence-corrected chi connectivity index (χ4v) is 1.63. The molecule has 0 unspecified atom stereocenters. The summed E-state index contributed by atoms with van der Waals surface area (Å²) in [4.78, 5) is 11.4. The second kappa shape index (κ2) is 4.99. The fourth-order valence-electron chi connectivity index (χ4n) is 1.63. The Kier molecular flexibility index (Phi) is 3.92. The van der Waals surface area contributed by atoms with Crippen LogP contribution in [0.5, 0.6) is 0 Å². The van der Waals surface area contributed by atoms with E-state index in [0.717, 1.165) is 11.1 Å². The van der Waals surface area contributed by atoms with Gasteiger partial charge in [0.15, 0.2) is 0 Å². The molecule has 0 N–H and O–H groups in total. The van der Waals surface area contributed by atoms with Gasteiger partial charge < -0.3 is 4.74 Å². The zero-order valence-corrected chi connectivity index (χ0v) is 9.34. The maximum Gasteiger partial charge on any atom is 0.334 e. The Balaban J connectivity index is 0.00000112. The van der Waals surface area contributed by atoms with Gasteiger partial charge >= 0.3 is 5.97 Å². The van der Waals surface area contributed by atoms with Crippen molar-refractivity contribution in [3.05, 3.63) is 41.0 Å². The first-order valence-corrected chi connectivity index (χ1v) is 4.77. The molecule has 1 aromatic rings. The van der Waals surface area contributed by atoms with Gasteiger partial charge in [-0.15, -0.1) is 12.4 Å². The largest absolute Gasteiger partial charge is 0.463 e. The lowest BCUT2D eigenvalue weighted by molar-refractivity contribution is -0.138. The normalized spacial score (nSPS) is 12.5. The van der Waals surface area contributed by atoms with E-state index in [9.17, 15) is 4.79 Å². The first-order chi connectivity index (χ1) is 6.81. The lowest BCUT2D eigenvalue weighted by Gasteiger charge is -2.00. The van der Waals surface area contributed by atoms with Crippen molar-refractivity contribution in [3.63, 3.8) is 0 Å². The summed E-state index contributed by atoms with van der Waals surface area (Å²) in [7, 11) is 0. The van der Waals surface area contributed by atoms with Crippen LogP contribution in [0.25, 0.3) is 6.08 Å². The predicted molar refractivity (Wildman–Crippen MR) is 62.0 cm³/mol. The third kappa shape index (κ3) is 2.39. The van der Waals surface area contributed by atoms with E-state index in [1.54, 1.807) is 0 Å². The number of benzene rings is 1. The van der Waals surface area contributed by atoms with Crippen molar-refractivity contribution in [2.75, 3.05) is 6.61 Å². The summed E-state index contributed by atoms with van der Waals surface area (Å²) >= 11 is 0. The highest BCUT2D eigenvalue weighted by molar-refractivity contribution is 5.96. The minimum absolute atomic E-state index is 0. The average Bonchev–Trinajstić information content (AvgIpc) is 2.61. The molecule has 1 aromatic carbocycles. The molecule has 0 spiro atoms. The van der Waals surface area contributed by atoms with Crippen molar-refractivity contribution in [2.24, 2.45) is 0 Å². The molecule has 0 amide bonds. The number of esters is 1. The predicted octanol–water partition coefficient (Wildman–Crippen LogP) is 2.61. The van der Waals surface area contributed by atoms with Crippen LogP contribution in [0.15, 0.2) is 29.8 Å². The van der Waals surface area contributed by atoms with E-state index in [0.29, 0.717) is 13.0 Å². The van der Waals surface area contributed by atoms with Crippen molar-refractivity contribution in [2.45, 2.75) is 13.3 Å². The van der Waals surface area contributed by atoms with Crippen LogP contribution < -0.4 is 0 Å². The molecular weight excluding hydrogens is 212 g/mol. The van der Waals surface area contributed by atoms with Gasteiger partial charge in [0.05, 0.1) is 6.61 Å². The monoisotopic (exact) mass is 224 g/mol. The van der Waals surface area contributed by atoms with Crippen molar-refractivity contribution < 1.29 is 9.53 Å². The average molecular weight is 225 g/mol. The topological polar surface area (TPSA) is 26.3 Å². The first-order valence-electron chi connectivity index (χ1n) is 4.77. The highest BCUT2D eigenvalue weighted by Gasteiger charge is 2.18. The minimum Gasteiger partial charge on any atom is -0.463 e. The van der Waals surface area contributed by atoms with Gasteiger partial charge in [-0.1, -0.05) is 24.3 Å². The van der Waals surface area contributed by atoms with E-state index in [4.69, 9.17) is 4.74 Å². The van der Waals surface area contributed by atoms with E-state index < -0.39 is 0 Å². The molecule has 3 heteroatoms. The number of hydrogen-bond acceptors (Lipinski definition) is 2. The minimum atomic E-state index is -0.191.